The van der Waals surface area contributed by atoms with Crippen LogP contribution in [0, 0.1) is 0 Å². The van der Waals surface area contributed by atoms with Gasteiger partial charge < -0.3 is 5.32 Å². The van der Waals surface area contributed by atoms with E-state index in [0.29, 0.717) is 11.6 Å². The van der Waals surface area contributed by atoms with Crippen LogP contribution in [0.4, 0.5) is 0 Å². The molecule has 0 aliphatic rings. The molecular weight excluding hydrogens is 248 g/mol. The number of nitrogens with one attached hydrogen (secondary N) is 1. The topological polar surface area (TPSA) is 42.7 Å². The number of benzene rings is 1. The summed E-state index contributed by atoms with van der Waals surface area (Å²) in [6.07, 6.45) is 1.89. The minimum Gasteiger partial charge on any atom is -0.306 e. The van der Waals surface area contributed by atoms with Crippen LogP contribution in [0.5, 0.6) is 0 Å². The second kappa shape index (κ2) is 5.08. The third-order valence-corrected chi connectivity index (χ3v) is 2.76. The molecule has 96 valence electrons. The first kappa shape index (κ1) is 13.1. The molecule has 0 unspecified atom stereocenters. The number of halogens is 1. The van der Waals surface area contributed by atoms with Crippen LogP contribution in [-0.2, 0) is 6.54 Å². The summed E-state index contributed by atoms with van der Waals surface area (Å²) in [5, 5.41) is 12.3. The molecule has 0 saturated heterocycles. The highest BCUT2D eigenvalue weighted by Gasteiger charge is 2.11. The molecule has 0 amide bonds. The minimum absolute atomic E-state index is 0.0637. The van der Waals surface area contributed by atoms with E-state index in [9.17, 15) is 0 Å². The fourth-order valence-electron chi connectivity index (χ4n) is 1.49. The predicted octanol–water partition coefficient (Wildman–Crippen LogP) is 2.81. The molecule has 0 aliphatic carbocycles. The molecule has 5 heteroatoms. The lowest BCUT2D eigenvalue weighted by Crippen LogP contribution is -2.35. The highest BCUT2D eigenvalue weighted by atomic mass is 35.5. The van der Waals surface area contributed by atoms with E-state index in [2.05, 4.69) is 36.4 Å². The fraction of sp³-hybridized carbons (Fsp3) is 0.385. The lowest BCUT2D eigenvalue weighted by atomic mass is 10.1. The summed E-state index contributed by atoms with van der Waals surface area (Å²) >= 11 is 6.11. The van der Waals surface area contributed by atoms with E-state index in [4.69, 9.17) is 11.6 Å². The van der Waals surface area contributed by atoms with Crippen molar-refractivity contribution in [2.75, 3.05) is 0 Å². The summed E-state index contributed by atoms with van der Waals surface area (Å²) in [5.41, 5.74) is 1.80. The molecule has 1 aromatic heterocycles. The molecule has 0 aliphatic heterocycles. The Bertz CT molecular complexity index is 528. The summed E-state index contributed by atoms with van der Waals surface area (Å²) in [6, 6.07) is 7.57. The van der Waals surface area contributed by atoms with E-state index in [1.165, 1.54) is 0 Å². The van der Waals surface area contributed by atoms with Crippen molar-refractivity contribution in [1.29, 1.82) is 0 Å². The molecule has 0 saturated carbocycles. The SMILES string of the molecule is CC(C)(C)NCc1cn(-c2ccccc2Cl)nn1. The van der Waals surface area contributed by atoms with Crippen molar-refractivity contribution < 1.29 is 0 Å². The van der Waals surface area contributed by atoms with Gasteiger partial charge >= 0.3 is 0 Å². The molecule has 1 N–H and O–H groups in total. The molecule has 1 aromatic carbocycles. The van der Waals surface area contributed by atoms with Crippen molar-refractivity contribution in [3.05, 3.63) is 41.2 Å². The zero-order valence-corrected chi connectivity index (χ0v) is 11.6. The van der Waals surface area contributed by atoms with E-state index in [-0.39, 0.29) is 5.54 Å². The van der Waals surface area contributed by atoms with Crippen molar-refractivity contribution >= 4 is 11.6 Å². The van der Waals surface area contributed by atoms with Gasteiger partial charge in [0.1, 0.15) is 0 Å². The predicted molar refractivity (Wildman–Crippen MR) is 73.0 cm³/mol. The van der Waals surface area contributed by atoms with Gasteiger partial charge in [-0.1, -0.05) is 28.9 Å². The number of para-hydroxylation sites is 1. The van der Waals surface area contributed by atoms with Crippen LogP contribution < -0.4 is 5.32 Å². The molecule has 0 bridgehead atoms. The van der Waals surface area contributed by atoms with Crippen LogP contribution in [0.3, 0.4) is 0 Å². The first-order valence-electron chi connectivity index (χ1n) is 5.87. The van der Waals surface area contributed by atoms with Gasteiger partial charge in [-0.15, -0.1) is 5.10 Å². The van der Waals surface area contributed by atoms with E-state index in [1.54, 1.807) is 4.68 Å². The van der Waals surface area contributed by atoms with E-state index in [0.717, 1.165) is 11.4 Å². The zero-order chi connectivity index (χ0) is 13.2. The van der Waals surface area contributed by atoms with Gasteiger partial charge in [0, 0.05) is 12.1 Å². The maximum Gasteiger partial charge on any atom is 0.0969 e. The number of hydrogen-bond donors (Lipinski definition) is 1. The van der Waals surface area contributed by atoms with Gasteiger partial charge in [0.2, 0.25) is 0 Å². The quantitative estimate of drug-likeness (QED) is 0.927. The molecule has 0 spiro atoms. The van der Waals surface area contributed by atoms with Gasteiger partial charge in [-0.05, 0) is 32.9 Å². The smallest absolute Gasteiger partial charge is 0.0969 e. The molecule has 18 heavy (non-hydrogen) atoms. The van der Waals surface area contributed by atoms with Gasteiger partial charge in [-0.3, -0.25) is 0 Å². The lowest BCUT2D eigenvalue weighted by molar-refractivity contribution is 0.421. The molecule has 4 nitrogen and oxygen atoms in total. The Hall–Kier alpha value is -1.39. The Morgan fingerprint density at radius 1 is 1.28 bits per heavy atom. The molecule has 0 atom stereocenters. The van der Waals surface area contributed by atoms with Crippen molar-refractivity contribution in [3.63, 3.8) is 0 Å². The van der Waals surface area contributed by atoms with E-state index >= 15 is 0 Å². The lowest BCUT2D eigenvalue weighted by Gasteiger charge is -2.19. The van der Waals surface area contributed by atoms with Crippen LogP contribution in [0.2, 0.25) is 5.02 Å². The second-order valence-corrected chi connectivity index (χ2v) is 5.62. The Morgan fingerprint density at radius 2 is 2.00 bits per heavy atom. The summed E-state index contributed by atoms with van der Waals surface area (Å²) in [6.45, 7) is 7.04. The summed E-state index contributed by atoms with van der Waals surface area (Å²) in [5.74, 6) is 0. The molecule has 0 fully saturated rings. The largest absolute Gasteiger partial charge is 0.306 e. The summed E-state index contributed by atoms with van der Waals surface area (Å²) in [7, 11) is 0. The maximum absolute atomic E-state index is 6.11. The fourth-order valence-corrected chi connectivity index (χ4v) is 1.71. The Labute approximate surface area is 112 Å². The molecule has 0 radical (unpaired) electrons. The minimum atomic E-state index is 0.0637. The highest BCUT2D eigenvalue weighted by Crippen LogP contribution is 2.18. The van der Waals surface area contributed by atoms with Gasteiger partial charge in [0.15, 0.2) is 0 Å². The first-order chi connectivity index (χ1) is 8.46. The van der Waals surface area contributed by atoms with Gasteiger partial charge in [0.25, 0.3) is 0 Å². The number of aromatic nitrogens is 3. The number of nitrogens with zero attached hydrogens (tertiary/aromatic N) is 3. The Kier molecular flexibility index (Phi) is 3.68. The third kappa shape index (κ3) is 3.31. The van der Waals surface area contributed by atoms with Crippen LogP contribution in [0.1, 0.15) is 26.5 Å². The average Bonchev–Trinajstić information content (AvgIpc) is 2.75. The van der Waals surface area contributed by atoms with E-state index in [1.807, 2.05) is 30.5 Å². The first-order valence-corrected chi connectivity index (χ1v) is 6.25. The van der Waals surface area contributed by atoms with Gasteiger partial charge in [-0.25, -0.2) is 4.68 Å². The Balaban J connectivity index is 2.14. The molecular formula is C13H17ClN4. The van der Waals surface area contributed by atoms with Crippen LogP contribution in [0.25, 0.3) is 5.69 Å². The van der Waals surface area contributed by atoms with Crippen molar-refractivity contribution in [2.45, 2.75) is 32.9 Å². The van der Waals surface area contributed by atoms with Crippen LogP contribution >= 0.6 is 11.6 Å². The van der Waals surface area contributed by atoms with Crippen molar-refractivity contribution in [3.8, 4) is 5.69 Å². The Morgan fingerprint density at radius 3 is 2.67 bits per heavy atom. The molecule has 2 rings (SSSR count). The standard InChI is InChI=1S/C13H17ClN4/c1-13(2,3)15-8-10-9-18(17-16-10)12-7-5-4-6-11(12)14/h4-7,9,15H,8H2,1-3H3. The van der Waals surface area contributed by atoms with Gasteiger partial charge in [-0.2, -0.15) is 0 Å². The van der Waals surface area contributed by atoms with Crippen LogP contribution in [-0.4, -0.2) is 20.5 Å². The summed E-state index contributed by atoms with van der Waals surface area (Å²) < 4.78 is 1.70. The van der Waals surface area contributed by atoms with Crippen molar-refractivity contribution in [2.24, 2.45) is 0 Å². The van der Waals surface area contributed by atoms with Crippen molar-refractivity contribution in [1.82, 2.24) is 20.3 Å². The normalized spacial score (nSPS) is 11.8. The monoisotopic (exact) mass is 264 g/mol. The zero-order valence-electron chi connectivity index (χ0n) is 10.8. The number of rotatable bonds is 3. The molecule has 1 heterocycles. The second-order valence-electron chi connectivity index (χ2n) is 5.21. The average molecular weight is 265 g/mol. The van der Waals surface area contributed by atoms with Crippen LogP contribution in [0.15, 0.2) is 30.5 Å². The summed E-state index contributed by atoms with van der Waals surface area (Å²) in [4.78, 5) is 0. The number of hydrogen-bond acceptors (Lipinski definition) is 3. The maximum atomic E-state index is 6.11. The third-order valence-electron chi connectivity index (χ3n) is 2.44. The van der Waals surface area contributed by atoms with E-state index < -0.39 is 0 Å². The van der Waals surface area contributed by atoms with Gasteiger partial charge in [0.05, 0.1) is 22.6 Å². The highest BCUT2D eigenvalue weighted by molar-refractivity contribution is 6.32. The molecule has 2 aromatic rings.